The lowest BCUT2D eigenvalue weighted by atomic mass is 10.2. The highest BCUT2D eigenvalue weighted by molar-refractivity contribution is 7.75. The summed E-state index contributed by atoms with van der Waals surface area (Å²) in [5, 5.41) is 3.04. The molecule has 0 fully saturated rings. The van der Waals surface area contributed by atoms with Gasteiger partial charge in [-0.15, -0.1) is 0 Å². The summed E-state index contributed by atoms with van der Waals surface area (Å²) in [7, 11) is 1.89. The van der Waals surface area contributed by atoms with E-state index in [1.165, 1.54) is 0 Å². The molecule has 1 N–H and O–H groups in total. The van der Waals surface area contributed by atoms with Gasteiger partial charge < -0.3 is 9.50 Å². The second kappa shape index (κ2) is 4.26. The molecule has 0 bridgehead atoms. The Morgan fingerprint density at radius 1 is 1.36 bits per heavy atom. The Balaban J connectivity index is 2.66. The Morgan fingerprint density at radius 3 is 2.45 bits per heavy atom. The first-order valence-electron chi connectivity index (χ1n) is 3.40. The Kier molecular flexibility index (Phi) is 3.26. The lowest BCUT2D eigenvalue weighted by Gasteiger charge is -2.01. The minimum absolute atomic E-state index is 0.549. The molecule has 3 heteroatoms. The van der Waals surface area contributed by atoms with Crippen LogP contribution in [0.25, 0.3) is 0 Å². The molecule has 0 atom stereocenters. The molecule has 1 aromatic carbocycles. The van der Waals surface area contributed by atoms with Crippen LogP contribution in [-0.4, -0.2) is 7.05 Å². The Labute approximate surface area is 72.2 Å². The van der Waals surface area contributed by atoms with Crippen LogP contribution in [0.1, 0.15) is 5.56 Å². The average molecular weight is 169 g/mol. The molecular formula is C8H11NOS. The first kappa shape index (κ1) is 8.43. The van der Waals surface area contributed by atoms with E-state index in [1.54, 1.807) is 0 Å². The summed E-state index contributed by atoms with van der Waals surface area (Å²) in [6, 6.07) is 8.01. The highest BCUT2D eigenvalue weighted by Crippen LogP contribution is 2.09. The van der Waals surface area contributed by atoms with Crippen LogP contribution in [0.2, 0.25) is 0 Å². The summed E-state index contributed by atoms with van der Waals surface area (Å²) in [5.41, 5.74) is 2.23. The van der Waals surface area contributed by atoms with Gasteiger partial charge in [0, 0.05) is 12.7 Å². The zero-order chi connectivity index (χ0) is 8.10. The van der Waals surface area contributed by atoms with Crippen molar-refractivity contribution in [2.75, 3.05) is 12.4 Å². The minimum atomic E-state index is 0.549. The van der Waals surface area contributed by atoms with Crippen molar-refractivity contribution in [3.63, 3.8) is 0 Å². The van der Waals surface area contributed by atoms with Gasteiger partial charge in [-0.25, -0.2) is 0 Å². The summed E-state index contributed by atoms with van der Waals surface area (Å²) in [6.45, 7) is 0.549. The van der Waals surface area contributed by atoms with Gasteiger partial charge in [0.25, 0.3) is 0 Å². The van der Waals surface area contributed by atoms with E-state index in [1.807, 2.05) is 31.3 Å². The Bertz CT molecular complexity index is 210. The lowest BCUT2D eigenvalue weighted by Crippen LogP contribution is -1.88. The molecule has 0 heterocycles. The van der Waals surface area contributed by atoms with Gasteiger partial charge in [0.05, 0.1) is 6.61 Å². The molecule has 1 rings (SSSR count). The molecular weight excluding hydrogens is 158 g/mol. The molecule has 0 aliphatic heterocycles. The van der Waals surface area contributed by atoms with Crippen molar-refractivity contribution in [2.24, 2.45) is 0 Å². The molecule has 2 nitrogen and oxygen atoms in total. The van der Waals surface area contributed by atoms with E-state index < -0.39 is 0 Å². The van der Waals surface area contributed by atoms with E-state index in [0.29, 0.717) is 6.61 Å². The van der Waals surface area contributed by atoms with Crippen LogP contribution in [0.4, 0.5) is 5.69 Å². The van der Waals surface area contributed by atoms with E-state index in [2.05, 4.69) is 22.4 Å². The molecule has 1 aromatic rings. The zero-order valence-electron chi connectivity index (χ0n) is 6.37. The van der Waals surface area contributed by atoms with Gasteiger partial charge in [-0.05, 0) is 30.6 Å². The molecule has 0 aromatic heterocycles. The number of hydrogen-bond acceptors (Lipinski definition) is 3. The fourth-order valence-corrected chi connectivity index (χ4v) is 0.991. The van der Waals surface area contributed by atoms with Crippen LogP contribution in [0, 0.1) is 0 Å². The van der Waals surface area contributed by atoms with Gasteiger partial charge in [-0.2, -0.15) is 0 Å². The third-order valence-corrected chi connectivity index (χ3v) is 1.60. The van der Waals surface area contributed by atoms with Crippen LogP contribution in [0.15, 0.2) is 24.3 Å². The van der Waals surface area contributed by atoms with E-state index in [4.69, 9.17) is 0 Å². The number of anilines is 1. The van der Waals surface area contributed by atoms with Crippen LogP contribution < -0.4 is 5.32 Å². The quantitative estimate of drug-likeness (QED) is 0.534. The van der Waals surface area contributed by atoms with E-state index in [0.717, 1.165) is 11.3 Å². The van der Waals surface area contributed by atoms with Crippen molar-refractivity contribution in [3.05, 3.63) is 29.8 Å². The summed E-state index contributed by atoms with van der Waals surface area (Å²) >= 11 is 3.67. The number of thiol groups is 1. The van der Waals surface area contributed by atoms with Crippen molar-refractivity contribution < 1.29 is 4.18 Å². The molecule has 0 saturated heterocycles. The van der Waals surface area contributed by atoms with Crippen LogP contribution in [-0.2, 0) is 10.8 Å². The van der Waals surface area contributed by atoms with Gasteiger partial charge in [0.1, 0.15) is 0 Å². The van der Waals surface area contributed by atoms with Gasteiger partial charge in [-0.1, -0.05) is 12.1 Å². The molecule has 0 saturated carbocycles. The van der Waals surface area contributed by atoms with Crippen molar-refractivity contribution in [2.45, 2.75) is 6.61 Å². The molecule has 0 aliphatic rings. The van der Waals surface area contributed by atoms with Gasteiger partial charge >= 0.3 is 0 Å². The van der Waals surface area contributed by atoms with E-state index in [-0.39, 0.29) is 0 Å². The summed E-state index contributed by atoms with van der Waals surface area (Å²) in [5.74, 6) is 0. The molecule has 0 aliphatic carbocycles. The maximum Gasteiger partial charge on any atom is 0.0861 e. The zero-order valence-corrected chi connectivity index (χ0v) is 7.27. The van der Waals surface area contributed by atoms with Crippen LogP contribution >= 0.6 is 12.9 Å². The smallest absolute Gasteiger partial charge is 0.0861 e. The highest BCUT2D eigenvalue weighted by Gasteiger charge is 1.90. The standard InChI is InChI=1S/C8H11NOS/c1-9-8-4-2-7(3-5-8)6-10-11/h2-5,9,11H,6H2,1H3. The normalized spacial score (nSPS) is 9.64. The minimum Gasteiger partial charge on any atom is -0.388 e. The second-order valence-corrected chi connectivity index (χ2v) is 2.48. The van der Waals surface area contributed by atoms with Gasteiger partial charge in [0.15, 0.2) is 0 Å². The van der Waals surface area contributed by atoms with Crippen molar-refractivity contribution in [3.8, 4) is 0 Å². The fourth-order valence-electron chi connectivity index (χ4n) is 0.842. The van der Waals surface area contributed by atoms with Gasteiger partial charge in [-0.3, -0.25) is 0 Å². The van der Waals surface area contributed by atoms with E-state index >= 15 is 0 Å². The first-order chi connectivity index (χ1) is 5.36. The van der Waals surface area contributed by atoms with Crippen molar-refractivity contribution in [1.29, 1.82) is 0 Å². The molecule has 0 spiro atoms. The maximum absolute atomic E-state index is 4.68. The third kappa shape index (κ3) is 2.44. The molecule has 60 valence electrons. The topological polar surface area (TPSA) is 21.3 Å². The fraction of sp³-hybridized carbons (Fsp3) is 0.250. The molecule has 0 amide bonds. The second-order valence-electron chi connectivity index (χ2n) is 2.22. The summed E-state index contributed by atoms with van der Waals surface area (Å²) in [4.78, 5) is 0. The highest BCUT2D eigenvalue weighted by atomic mass is 32.1. The SMILES string of the molecule is CNc1ccc(COS)cc1. The van der Waals surface area contributed by atoms with Crippen molar-refractivity contribution >= 4 is 18.6 Å². The van der Waals surface area contributed by atoms with Gasteiger partial charge in [0.2, 0.25) is 0 Å². The van der Waals surface area contributed by atoms with E-state index in [9.17, 15) is 0 Å². The number of hydrogen-bond donors (Lipinski definition) is 2. The Hall–Kier alpha value is -0.670. The predicted octanol–water partition coefficient (Wildman–Crippen LogP) is 2.09. The summed E-state index contributed by atoms with van der Waals surface area (Å²) < 4.78 is 4.68. The number of benzene rings is 1. The molecule has 0 radical (unpaired) electrons. The Morgan fingerprint density at radius 2 is 2.00 bits per heavy atom. The number of nitrogens with one attached hydrogen (secondary N) is 1. The lowest BCUT2D eigenvalue weighted by molar-refractivity contribution is 0.372. The largest absolute Gasteiger partial charge is 0.388 e. The monoisotopic (exact) mass is 169 g/mol. The van der Waals surface area contributed by atoms with Crippen LogP contribution in [0.3, 0.4) is 0 Å². The maximum atomic E-state index is 4.68. The summed E-state index contributed by atoms with van der Waals surface area (Å²) in [6.07, 6.45) is 0. The van der Waals surface area contributed by atoms with Crippen molar-refractivity contribution in [1.82, 2.24) is 0 Å². The average Bonchev–Trinajstić information content (AvgIpc) is 2.07. The predicted molar refractivity (Wildman–Crippen MR) is 49.8 cm³/mol. The number of rotatable bonds is 3. The molecule has 11 heavy (non-hydrogen) atoms. The first-order valence-corrected chi connectivity index (χ1v) is 3.76. The molecule has 0 unspecified atom stereocenters. The third-order valence-electron chi connectivity index (χ3n) is 1.47. The van der Waals surface area contributed by atoms with Crippen LogP contribution in [0.5, 0.6) is 0 Å².